The van der Waals surface area contributed by atoms with Crippen molar-refractivity contribution in [1.82, 2.24) is 4.98 Å². The molecule has 64 valence electrons. The van der Waals surface area contributed by atoms with E-state index in [0.717, 1.165) is 11.7 Å². The number of nitrogens with one attached hydrogen (secondary N) is 1. The van der Waals surface area contributed by atoms with E-state index >= 15 is 0 Å². The van der Waals surface area contributed by atoms with E-state index in [0.29, 0.717) is 12.3 Å². The van der Waals surface area contributed by atoms with Crippen LogP contribution in [-0.4, -0.2) is 25.2 Å². The van der Waals surface area contributed by atoms with Crippen molar-refractivity contribution >= 4 is 16.5 Å². The molecule has 3 nitrogen and oxygen atoms in total. The molecule has 0 aliphatic heterocycles. The number of nitrogens with zero attached hydrogens (tertiary/aromatic N) is 1. The lowest BCUT2D eigenvalue weighted by molar-refractivity contribution is 0.211. The second kappa shape index (κ2) is 4.75. The zero-order valence-electron chi connectivity index (χ0n) is 6.83. The van der Waals surface area contributed by atoms with Crippen LogP contribution < -0.4 is 5.32 Å². The topological polar surface area (TPSA) is 34.1 Å². The minimum absolute atomic E-state index is 0.672. The van der Waals surface area contributed by atoms with Crippen LogP contribution in [0.3, 0.4) is 0 Å². The Morgan fingerprint density at radius 2 is 2.67 bits per heavy atom. The Morgan fingerprint density at radius 1 is 1.83 bits per heavy atom. The third kappa shape index (κ3) is 2.53. The molecule has 0 saturated heterocycles. The van der Waals surface area contributed by atoms with Crippen molar-refractivity contribution < 1.29 is 4.74 Å². The molecule has 0 aliphatic rings. The van der Waals surface area contributed by atoms with E-state index in [9.17, 15) is 0 Å². The highest BCUT2D eigenvalue weighted by atomic mass is 32.1. The summed E-state index contributed by atoms with van der Waals surface area (Å²) in [6.45, 7) is 1.43. The van der Waals surface area contributed by atoms with Gasteiger partial charge in [-0.05, 0) is 5.92 Å². The van der Waals surface area contributed by atoms with Gasteiger partial charge in [-0.2, -0.15) is 0 Å². The highest BCUT2D eigenvalue weighted by molar-refractivity contribution is 7.13. The molecule has 0 aliphatic carbocycles. The summed E-state index contributed by atoms with van der Waals surface area (Å²) in [6, 6.07) is 0. The zero-order chi connectivity index (χ0) is 8.81. The maximum Gasteiger partial charge on any atom is 0.183 e. The number of hydrogen-bond donors (Lipinski definition) is 1. The van der Waals surface area contributed by atoms with Crippen LogP contribution in [0, 0.1) is 12.3 Å². The first-order valence-electron chi connectivity index (χ1n) is 3.51. The van der Waals surface area contributed by atoms with Gasteiger partial charge in [0.1, 0.15) is 5.69 Å². The monoisotopic (exact) mass is 182 g/mol. The van der Waals surface area contributed by atoms with Crippen LogP contribution in [0.4, 0.5) is 5.13 Å². The maximum atomic E-state index is 5.16. The fourth-order valence-electron chi connectivity index (χ4n) is 0.681. The summed E-state index contributed by atoms with van der Waals surface area (Å²) in [5.41, 5.74) is 0.680. The lowest BCUT2D eigenvalue weighted by Crippen LogP contribution is -2.07. The Hall–Kier alpha value is -1.05. The lowest BCUT2D eigenvalue weighted by Gasteiger charge is -1.99. The second-order valence-corrected chi connectivity index (χ2v) is 2.96. The number of thiazole rings is 1. The Balaban J connectivity index is 2.38. The van der Waals surface area contributed by atoms with Crippen LogP contribution in [0.25, 0.3) is 0 Å². The summed E-state index contributed by atoms with van der Waals surface area (Å²) in [5.74, 6) is 2.47. The van der Waals surface area contributed by atoms with E-state index in [-0.39, 0.29) is 0 Å². The fraction of sp³-hybridized carbons (Fsp3) is 0.375. The molecule has 0 unspecified atom stereocenters. The molecule has 0 amide bonds. The summed E-state index contributed by atoms with van der Waals surface area (Å²) < 4.78 is 4.87. The van der Waals surface area contributed by atoms with E-state index in [2.05, 4.69) is 16.2 Å². The Kier molecular flexibility index (Phi) is 3.58. The standard InChI is InChI=1S/C8H10N2OS/c1-3-7-6-12-8(10-7)9-4-5-11-2/h1,6H,4-5H2,2H3,(H,9,10). The maximum absolute atomic E-state index is 5.16. The van der Waals surface area contributed by atoms with Gasteiger partial charge < -0.3 is 10.1 Å². The summed E-state index contributed by atoms with van der Waals surface area (Å²) in [6.07, 6.45) is 5.16. The van der Waals surface area contributed by atoms with Gasteiger partial charge in [-0.25, -0.2) is 4.98 Å². The number of hydrogen-bond acceptors (Lipinski definition) is 4. The van der Waals surface area contributed by atoms with Gasteiger partial charge in [0.2, 0.25) is 0 Å². The minimum atomic E-state index is 0.672. The van der Waals surface area contributed by atoms with Gasteiger partial charge in [0.25, 0.3) is 0 Å². The van der Waals surface area contributed by atoms with Crippen molar-refractivity contribution in [3.8, 4) is 12.3 Å². The first-order valence-corrected chi connectivity index (χ1v) is 4.39. The third-order valence-corrected chi connectivity index (χ3v) is 2.03. The molecule has 0 bridgehead atoms. The van der Waals surface area contributed by atoms with Gasteiger partial charge in [-0.15, -0.1) is 17.8 Å². The quantitative estimate of drug-likeness (QED) is 0.561. The van der Waals surface area contributed by atoms with E-state index in [1.807, 2.05) is 5.38 Å². The molecule has 1 aromatic heterocycles. The van der Waals surface area contributed by atoms with Crippen LogP contribution >= 0.6 is 11.3 Å². The molecular formula is C8H10N2OS. The van der Waals surface area contributed by atoms with Gasteiger partial charge in [0.15, 0.2) is 5.13 Å². The molecule has 0 saturated carbocycles. The third-order valence-electron chi connectivity index (χ3n) is 1.23. The molecule has 0 radical (unpaired) electrons. The number of ether oxygens (including phenoxy) is 1. The van der Waals surface area contributed by atoms with E-state index in [1.165, 1.54) is 11.3 Å². The molecule has 1 rings (SSSR count). The fourth-order valence-corrected chi connectivity index (χ4v) is 1.36. The number of aromatic nitrogens is 1. The van der Waals surface area contributed by atoms with E-state index in [4.69, 9.17) is 11.2 Å². The van der Waals surface area contributed by atoms with Gasteiger partial charge in [0.05, 0.1) is 6.61 Å². The normalized spacial score (nSPS) is 9.33. The van der Waals surface area contributed by atoms with E-state index < -0.39 is 0 Å². The molecular weight excluding hydrogens is 172 g/mol. The Bertz CT molecular complexity index is 277. The van der Waals surface area contributed by atoms with Crippen molar-refractivity contribution in [3.63, 3.8) is 0 Å². The van der Waals surface area contributed by atoms with Crippen LogP contribution in [0.2, 0.25) is 0 Å². The van der Waals surface area contributed by atoms with Gasteiger partial charge in [-0.1, -0.05) is 0 Å². The molecule has 0 atom stereocenters. The van der Waals surface area contributed by atoms with Crippen LogP contribution in [0.5, 0.6) is 0 Å². The molecule has 1 aromatic rings. The molecule has 0 spiro atoms. The minimum Gasteiger partial charge on any atom is -0.383 e. The van der Waals surface area contributed by atoms with Crippen LogP contribution in [0.15, 0.2) is 5.38 Å². The number of rotatable bonds is 4. The van der Waals surface area contributed by atoms with Crippen molar-refractivity contribution in [2.75, 3.05) is 25.6 Å². The predicted molar refractivity (Wildman–Crippen MR) is 50.4 cm³/mol. The van der Waals surface area contributed by atoms with Gasteiger partial charge in [-0.3, -0.25) is 0 Å². The van der Waals surface area contributed by atoms with Gasteiger partial charge >= 0.3 is 0 Å². The number of methoxy groups -OCH3 is 1. The summed E-state index contributed by atoms with van der Waals surface area (Å²) in [5, 5.41) is 5.78. The molecule has 1 N–H and O–H groups in total. The summed E-state index contributed by atoms with van der Waals surface area (Å²) in [4.78, 5) is 4.12. The number of terminal acetylenes is 1. The lowest BCUT2D eigenvalue weighted by atomic mass is 10.5. The molecule has 0 fully saturated rings. The number of anilines is 1. The molecule has 1 heterocycles. The molecule has 0 aromatic carbocycles. The first kappa shape index (κ1) is 9.04. The smallest absolute Gasteiger partial charge is 0.183 e. The van der Waals surface area contributed by atoms with Crippen LogP contribution in [0.1, 0.15) is 5.69 Å². The van der Waals surface area contributed by atoms with E-state index in [1.54, 1.807) is 7.11 Å². The highest BCUT2D eigenvalue weighted by Gasteiger charge is 1.96. The largest absolute Gasteiger partial charge is 0.383 e. The Morgan fingerprint density at radius 3 is 3.25 bits per heavy atom. The van der Waals surface area contributed by atoms with Crippen molar-refractivity contribution in [1.29, 1.82) is 0 Å². The van der Waals surface area contributed by atoms with Gasteiger partial charge in [0, 0.05) is 19.0 Å². The molecule has 4 heteroatoms. The highest BCUT2D eigenvalue weighted by Crippen LogP contribution is 2.13. The van der Waals surface area contributed by atoms with Crippen molar-refractivity contribution in [2.45, 2.75) is 0 Å². The Labute approximate surface area is 75.8 Å². The summed E-state index contributed by atoms with van der Waals surface area (Å²) in [7, 11) is 1.66. The average molecular weight is 182 g/mol. The first-order chi connectivity index (χ1) is 5.86. The zero-order valence-corrected chi connectivity index (χ0v) is 7.65. The SMILES string of the molecule is C#Cc1csc(NCCOC)n1. The van der Waals surface area contributed by atoms with Crippen molar-refractivity contribution in [3.05, 3.63) is 11.1 Å². The summed E-state index contributed by atoms with van der Waals surface area (Å²) >= 11 is 1.50. The average Bonchev–Trinajstić information content (AvgIpc) is 2.53. The van der Waals surface area contributed by atoms with Crippen LogP contribution in [-0.2, 0) is 4.74 Å². The molecule has 12 heavy (non-hydrogen) atoms. The van der Waals surface area contributed by atoms with Crippen molar-refractivity contribution in [2.24, 2.45) is 0 Å². The predicted octanol–water partition coefficient (Wildman–Crippen LogP) is 1.18. The second-order valence-electron chi connectivity index (χ2n) is 2.10.